The first kappa shape index (κ1) is 7.57. The lowest BCUT2D eigenvalue weighted by atomic mass is 9.90. The van der Waals surface area contributed by atoms with Crippen molar-refractivity contribution in [3.8, 4) is 0 Å². The van der Waals surface area contributed by atoms with Gasteiger partial charge in [-0.05, 0) is 42.9 Å². The molecule has 0 radical (unpaired) electrons. The Hall–Kier alpha value is -0.820. The highest BCUT2D eigenvalue weighted by Crippen LogP contribution is 2.37. The summed E-state index contributed by atoms with van der Waals surface area (Å²) in [6.45, 7) is 1.22. The molecule has 1 aliphatic carbocycles. The van der Waals surface area contributed by atoms with Gasteiger partial charge in [-0.25, -0.2) is 0 Å². The van der Waals surface area contributed by atoms with Gasteiger partial charge in [0.1, 0.15) is 0 Å². The van der Waals surface area contributed by atoms with E-state index >= 15 is 0 Å². The van der Waals surface area contributed by atoms with Crippen LogP contribution < -0.4 is 5.32 Å². The normalized spacial score (nSPS) is 31.1. The maximum Gasteiger partial charge on any atom is 0.0176 e. The van der Waals surface area contributed by atoms with Crippen molar-refractivity contribution in [3.05, 3.63) is 35.4 Å². The highest BCUT2D eigenvalue weighted by molar-refractivity contribution is 5.38. The van der Waals surface area contributed by atoms with E-state index in [9.17, 15) is 0 Å². The molecule has 0 spiro atoms. The number of hydrogen-bond acceptors (Lipinski definition) is 1. The summed E-state index contributed by atoms with van der Waals surface area (Å²) in [5, 5.41) is 3.63. The first-order chi connectivity index (χ1) is 6.45. The maximum absolute atomic E-state index is 3.63. The molecule has 1 nitrogen and oxygen atoms in total. The molecule has 0 saturated carbocycles. The number of nitrogens with one attached hydrogen (secondary N) is 1. The standard InChI is InChI=1S/C12H15N/c1-2-5-10-9(4-1)8-12-11(10)6-3-7-13-12/h1-2,4-5,11-13H,3,6-8H2. The van der Waals surface area contributed by atoms with E-state index in [4.69, 9.17) is 0 Å². The number of hydrogen-bond donors (Lipinski definition) is 1. The predicted octanol–water partition coefficient (Wildman–Crippen LogP) is 2.08. The first-order valence-corrected chi connectivity index (χ1v) is 5.26. The Morgan fingerprint density at radius 1 is 1.23 bits per heavy atom. The molecule has 0 amide bonds. The van der Waals surface area contributed by atoms with Gasteiger partial charge in [0.15, 0.2) is 0 Å². The summed E-state index contributed by atoms with van der Waals surface area (Å²) < 4.78 is 0. The summed E-state index contributed by atoms with van der Waals surface area (Å²) in [5.74, 6) is 0.810. The predicted molar refractivity (Wildman–Crippen MR) is 53.9 cm³/mol. The van der Waals surface area contributed by atoms with Crippen LogP contribution in [-0.2, 0) is 6.42 Å². The minimum atomic E-state index is 0.742. The number of piperidine rings is 1. The summed E-state index contributed by atoms with van der Waals surface area (Å²) >= 11 is 0. The Morgan fingerprint density at radius 2 is 2.15 bits per heavy atom. The van der Waals surface area contributed by atoms with E-state index in [0.29, 0.717) is 0 Å². The summed E-state index contributed by atoms with van der Waals surface area (Å²) in [6.07, 6.45) is 3.98. The van der Waals surface area contributed by atoms with Crippen molar-refractivity contribution < 1.29 is 0 Å². The number of rotatable bonds is 0. The summed E-state index contributed by atoms with van der Waals surface area (Å²) in [4.78, 5) is 0. The second kappa shape index (κ2) is 2.85. The lowest BCUT2D eigenvalue weighted by molar-refractivity contribution is 0.372. The Balaban J connectivity index is 2.01. The third-order valence-corrected chi connectivity index (χ3v) is 3.48. The van der Waals surface area contributed by atoms with Gasteiger partial charge in [0.2, 0.25) is 0 Å². The van der Waals surface area contributed by atoms with Crippen LogP contribution in [0.25, 0.3) is 0 Å². The van der Waals surface area contributed by atoms with E-state index in [-0.39, 0.29) is 0 Å². The lowest BCUT2D eigenvalue weighted by Gasteiger charge is -2.26. The molecule has 2 atom stereocenters. The van der Waals surface area contributed by atoms with E-state index in [1.54, 1.807) is 11.1 Å². The van der Waals surface area contributed by atoms with E-state index in [0.717, 1.165) is 12.0 Å². The van der Waals surface area contributed by atoms with Crippen LogP contribution in [-0.4, -0.2) is 12.6 Å². The van der Waals surface area contributed by atoms with Gasteiger partial charge >= 0.3 is 0 Å². The van der Waals surface area contributed by atoms with Crippen molar-refractivity contribution in [2.45, 2.75) is 31.2 Å². The fraction of sp³-hybridized carbons (Fsp3) is 0.500. The zero-order chi connectivity index (χ0) is 8.67. The molecule has 1 aliphatic heterocycles. The van der Waals surface area contributed by atoms with Crippen LogP contribution in [0.15, 0.2) is 24.3 Å². The van der Waals surface area contributed by atoms with Gasteiger partial charge in [-0.2, -0.15) is 0 Å². The molecule has 3 rings (SSSR count). The molecule has 2 aliphatic rings. The van der Waals surface area contributed by atoms with Gasteiger partial charge in [0, 0.05) is 6.04 Å². The van der Waals surface area contributed by atoms with Crippen molar-refractivity contribution in [2.24, 2.45) is 0 Å². The molecule has 1 fully saturated rings. The Kier molecular flexibility index (Phi) is 1.66. The van der Waals surface area contributed by atoms with Crippen LogP contribution in [0.4, 0.5) is 0 Å². The van der Waals surface area contributed by atoms with Gasteiger partial charge in [0.25, 0.3) is 0 Å². The van der Waals surface area contributed by atoms with Crippen LogP contribution in [0.5, 0.6) is 0 Å². The summed E-state index contributed by atoms with van der Waals surface area (Å²) in [7, 11) is 0. The molecule has 2 unspecified atom stereocenters. The second-order valence-electron chi connectivity index (χ2n) is 4.21. The second-order valence-corrected chi connectivity index (χ2v) is 4.21. The van der Waals surface area contributed by atoms with Crippen molar-refractivity contribution >= 4 is 0 Å². The lowest BCUT2D eigenvalue weighted by Crippen LogP contribution is -2.37. The van der Waals surface area contributed by atoms with Crippen molar-refractivity contribution in [2.75, 3.05) is 6.54 Å². The van der Waals surface area contributed by atoms with Gasteiger partial charge < -0.3 is 5.32 Å². The van der Waals surface area contributed by atoms with Gasteiger partial charge in [-0.3, -0.25) is 0 Å². The minimum Gasteiger partial charge on any atom is -0.313 e. The molecule has 0 aromatic heterocycles. The highest BCUT2D eigenvalue weighted by atomic mass is 14.9. The van der Waals surface area contributed by atoms with E-state index in [1.807, 2.05) is 0 Å². The molecule has 13 heavy (non-hydrogen) atoms. The largest absolute Gasteiger partial charge is 0.313 e. The molecule has 1 N–H and O–H groups in total. The molecule has 1 aromatic rings. The zero-order valence-electron chi connectivity index (χ0n) is 7.79. The Bertz CT molecular complexity index is 319. The number of fused-ring (bicyclic) bond motifs is 3. The van der Waals surface area contributed by atoms with Gasteiger partial charge in [0.05, 0.1) is 0 Å². The molecule has 68 valence electrons. The van der Waals surface area contributed by atoms with Gasteiger partial charge in [-0.1, -0.05) is 24.3 Å². The summed E-state index contributed by atoms with van der Waals surface area (Å²) in [5.41, 5.74) is 3.19. The van der Waals surface area contributed by atoms with Crippen LogP contribution in [0.1, 0.15) is 29.9 Å². The van der Waals surface area contributed by atoms with Crippen LogP contribution in [0.3, 0.4) is 0 Å². The molecule has 1 aromatic carbocycles. The third-order valence-electron chi connectivity index (χ3n) is 3.48. The zero-order valence-corrected chi connectivity index (χ0v) is 7.79. The fourth-order valence-corrected chi connectivity index (χ4v) is 2.86. The van der Waals surface area contributed by atoms with Crippen molar-refractivity contribution in [1.29, 1.82) is 0 Å². The monoisotopic (exact) mass is 173 g/mol. The molecule has 1 saturated heterocycles. The van der Waals surface area contributed by atoms with E-state index in [2.05, 4.69) is 29.6 Å². The Labute approximate surface area is 79.2 Å². The average Bonchev–Trinajstić information content (AvgIpc) is 2.56. The van der Waals surface area contributed by atoms with Crippen molar-refractivity contribution in [3.63, 3.8) is 0 Å². The number of benzene rings is 1. The SMILES string of the molecule is c1ccc2c(c1)CC1NCCCC21. The molecular formula is C12H15N. The van der Waals surface area contributed by atoms with Gasteiger partial charge in [-0.15, -0.1) is 0 Å². The molecular weight excluding hydrogens is 158 g/mol. The third kappa shape index (κ3) is 1.11. The molecule has 1 heteroatoms. The first-order valence-electron chi connectivity index (χ1n) is 5.26. The maximum atomic E-state index is 3.63. The minimum absolute atomic E-state index is 0.742. The average molecular weight is 173 g/mol. The van der Waals surface area contributed by atoms with Crippen LogP contribution in [0, 0.1) is 0 Å². The van der Waals surface area contributed by atoms with E-state index in [1.165, 1.54) is 25.8 Å². The fourth-order valence-electron chi connectivity index (χ4n) is 2.86. The quantitative estimate of drug-likeness (QED) is 0.633. The Morgan fingerprint density at radius 3 is 3.15 bits per heavy atom. The van der Waals surface area contributed by atoms with Crippen molar-refractivity contribution in [1.82, 2.24) is 5.32 Å². The van der Waals surface area contributed by atoms with Crippen LogP contribution >= 0.6 is 0 Å². The summed E-state index contributed by atoms with van der Waals surface area (Å²) in [6, 6.07) is 9.68. The topological polar surface area (TPSA) is 12.0 Å². The smallest absolute Gasteiger partial charge is 0.0176 e. The highest BCUT2D eigenvalue weighted by Gasteiger charge is 2.33. The molecule has 0 bridgehead atoms. The van der Waals surface area contributed by atoms with E-state index < -0.39 is 0 Å². The molecule has 1 heterocycles. The van der Waals surface area contributed by atoms with Crippen LogP contribution in [0.2, 0.25) is 0 Å².